The Morgan fingerprint density at radius 1 is 1.12 bits per heavy atom. The van der Waals surface area contributed by atoms with E-state index in [2.05, 4.69) is 38.1 Å². The molecule has 0 spiro atoms. The van der Waals surface area contributed by atoms with Gasteiger partial charge in [0.25, 0.3) is 0 Å². The molecular formula is C26H32F3N3. The van der Waals surface area contributed by atoms with Crippen molar-refractivity contribution in [1.82, 2.24) is 0 Å². The molecule has 1 saturated heterocycles. The number of hydrogen-bond acceptors (Lipinski definition) is 3. The molecule has 1 fully saturated rings. The molecule has 0 aliphatic carbocycles. The Hall–Kier alpha value is -2.52. The van der Waals surface area contributed by atoms with E-state index in [9.17, 15) is 13.2 Å². The molecule has 0 saturated carbocycles. The zero-order valence-corrected chi connectivity index (χ0v) is 18.9. The van der Waals surface area contributed by atoms with Crippen molar-refractivity contribution in [3.05, 3.63) is 64.7 Å². The van der Waals surface area contributed by atoms with E-state index in [1.807, 2.05) is 4.90 Å². The molecule has 2 N–H and O–H groups in total. The normalized spacial score (nSPS) is 17.1. The predicted octanol–water partition coefficient (Wildman–Crippen LogP) is 6.62. The van der Waals surface area contributed by atoms with Crippen molar-refractivity contribution in [3.63, 3.8) is 0 Å². The number of hydrogen-bond donors (Lipinski definition) is 1. The Labute approximate surface area is 189 Å². The molecular weight excluding hydrogens is 411 g/mol. The Morgan fingerprint density at radius 2 is 1.78 bits per heavy atom. The van der Waals surface area contributed by atoms with Gasteiger partial charge in [-0.05, 0) is 73.3 Å². The SMILES string of the molecule is CCC(N)c1ccc(CCCC2(C)CCN(c3ccc(C#N)c(C(F)(F)F)c3)CC2)cc1. The first-order chi connectivity index (χ1) is 15.1. The summed E-state index contributed by atoms with van der Waals surface area (Å²) in [4.78, 5) is 2.01. The molecule has 1 aliphatic heterocycles. The third kappa shape index (κ3) is 5.83. The van der Waals surface area contributed by atoms with Gasteiger partial charge in [-0.2, -0.15) is 18.4 Å². The molecule has 0 radical (unpaired) electrons. The summed E-state index contributed by atoms with van der Waals surface area (Å²) in [5.74, 6) is 0. The summed E-state index contributed by atoms with van der Waals surface area (Å²) in [6, 6.07) is 14.3. The molecule has 3 nitrogen and oxygen atoms in total. The van der Waals surface area contributed by atoms with Crippen LogP contribution in [0.1, 0.15) is 74.2 Å². The summed E-state index contributed by atoms with van der Waals surface area (Å²) in [5, 5.41) is 9.00. The molecule has 6 heteroatoms. The van der Waals surface area contributed by atoms with Gasteiger partial charge in [0.2, 0.25) is 0 Å². The number of nitrogens with two attached hydrogens (primary N) is 1. The van der Waals surface area contributed by atoms with Crippen LogP contribution in [0.15, 0.2) is 42.5 Å². The van der Waals surface area contributed by atoms with Gasteiger partial charge in [-0.15, -0.1) is 0 Å². The van der Waals surface area contributed by atoms with E-state index in [1.54, 1.807) is 12.1 Å². The van der Waals surface area contributed by atoms with Crippen LogP contribution in [-0.4, -0.2) is 13.1 Å². The third-order valence-corrected chi connectivity index (χ3v) is 6.86. The van der Waals surface area contributed by atoms with Gasteiger partial charge in [-0.1, -0.05) is 38.1 Å². The zero-order chi connectivity index (χ0) is 23.4. The molecule has 2 aromatic rings. The summed E-state index contributed by atoms with van der Waals surface area (Å²) in [7, 11) is 0. The molecule has 0 amide bonds. The van der Waals surface area contributed by atoms with Crippen molar-refractivity contribution in [2.45, 2.75) is 64.6 Å². The van der Waals surface area contributed by atoms with E-state index in [-0.39, 0.29) is 17.0 Å². The first-order valence-corrected chi connectivity index (χ1v) is 11.4. The maximum atomic E-state index is 13.3. The van der Waals surface area contributed by atoms with Gasteiger partial charge in [-0.25, -0.2) is 0 Å². The van der Waals surface area contributed by atoms with Crippen LogP contribution in [0.2, 0.25) is 0 Å². The standard InChI is InChI=1S/C26H32F3N3/c1-3-24(31)20-8-6-19(7-9-20)5-4-12-25(2)13-15-32(16-14-25)22-11-10-21(18-30)23(17-22)26(27,28)29/h6-11,17,24H,3-5,12-16,31H2,1-2H3. The third-order valence-electron chi connectivity index (χ3n) is 6.86. The summed E-state index contributed by atoms with van der Waals surface area (Å²) in [6.45, 7) is 5.82. The fourth-order valence-electron chi connectivity index (χ4n) is 4.50. The molecule has 0 aromatic heterocycles. The van der Waals surface area contributed by atoms with Crippen LogP contribution in [0.3, 0.4) is 0 Å². The van der Waals surface area contributed by atoms with Crippen LogP contribution >= 0.6 is 0 Å². The molecule has 32 heavy (non-hydrogen) atoms. The minimum atomic E-state index is -4.52. The molecule has 172 valence electrons. The number of anilines is 1. The maximum absolute atomic E-state index is 13.3. The van der Waals surface area contributed by atoms with E-state index in [4.69, 9.17) is 11.0 Å². The summed E-state index contributed by atoms with van der Waals surface area (Å²) in [6.07, 6.45) is 1.49. The number of nitriles is 1. The zero-order valence-electron chi connectivity index (χ0n) is 18.9. The van der Waals surface area contributed by atoms with Gasteiger partial charge in [-0.3, -0.25) is 0 Å². The molecule has 2 aromatic carbocycles. The van der Waals surface area contributed by atoms with Gasteiger partial charge < -0.3 is 10.6 Å². The van der Waals surface area contributed by atoms with Crippen molar-refractivity contribution >= 4 is 5.69 Å². The number of benzene rings is 2. The Balaban J connectivity index is 1.54. The average Bonchev–Trinajstić information content (AvgIpc) is 2.78. The van der Waals surface area contributed by atoms with Crippen molar-refractivity contribution in [1.29, 1.82) is 5.26 Å². The molecule has 3 rings (SSSR count). The monoisotopic (exact) mass is 443 g/mol. The van der Waals surface area contributed by atoms with Crippen LogP contribution in [-0.2, 0) is 12.6 Å². The van der Waals surface area contributed by atoms with Crippen LogP contribution < -0.4 is 10.6 Å². The molecule has 1 atom stereocenters. The van der Waals surface area contributed by atoms with E-state index >= 15 is 0 Å². The van der Waals surface area contributed by atoms with Gasteiger partial charge in [0.15, 0.2) is 0 Å². The predicted molar refractivity (Wildman–Crippen MR) is 122 cm³/mol. The van der Waals surface area contributed by atoms with Crippen LogP contribution in [0.5, 0.6) is 0 Å². The highest BCUT2D eigenvalue weighted by Crippen LogP contribution is 2.39. The number of rotatable bonds is 7. The lowest BCUT2D eigenvalue weighted by Gasteiger charge is -2.41. The lowest BCUT2D eigenvalue weighted by molar-refractivity contribution is -0.137. The van der Waals surface area contributed by atoms with Crippen LogP contribution in [0.4, 0.5) is 18.9 Å². The Bertz CT molecular complexity index is 936. The minimum absolute atomic E-state index is 0.0939. The van der Waals surface area contributed by atoms with Crippen molar-refractivity contribution in [2.24, 2.45) is 11.1 Å². The second kappa shape index (κ2) is 9.95. The minimum Gasteiger partial charge on any atom is -0.371 e. The van der Waals surface area contributed by atoms with Crippen molar-refractivity contribution in [2.75, 3.05) is 18.0 Å². The average molecular weight is 444 g/mol. The highest BCUT2D eigenvalue weighted by atomic mass is 19.4. The number of nitrogens with zero attached hydrogens (tertiary/aromatic N) is 2. The topological polar surface area (TPSA) is 53.0 Å². The van der Waals surface area contributed by atoms with Gasteiger partial charge in [0.05, 0.1) is 17.2 Å². The van der Waals surface area contributed by atoms with Crippen LogP contribution in [0, 0.1) is 16.7 Å². The number of halogens is 3. The maximum Gasteiger partial charge on any atom is 0.417 e. The van der Waals surface area contributed by atoms with E-state index in [0.29, 0.717) is 5.69 Å². The first kappa shape index (κ1) is 24.1. The first-order valence-electron chi connectivity index (χ1n) is 11.4. The smallest absolute Gasteiger partial charge is 0.371 e. The van der Waals surface area contributed by atoms with E-state index in [1.165, 1.54) is 17.2 Å². The Morgan fingerprint density at radius 3 is 2.34 bits per heavy atom. The lowest BCUT2D eigenvalue weighted by Crippen LogP contribution is -2.38. The fraction of sp³-hybridized carbons (Fsp3) is 0.500. The summed E-state index contributed by atoms with van der Waals surface area (Å²) >= 11 is 0. The molecule has 1 unspecified atom stereocenters. The highest BCUT2D eigenvalue weighted by Gasteiger charge is 2.35. The highest BCUT2D eigenvalue weighted by molar-refractivity contribution is 5.55. The van der Waals surface area contributed by atoms with Crippen molar-refractivity contribution < 1.29 is 13.2 Å². The lowest BCUT2D eigenvalue weighted by atomic mass is 9.76. The number of alkyl halides is 3. The van der Waals surface area contributed by atoms with Crippen LogP contribution in [0.25, 0.3) is 0 Å². The molecule has 1 aliphatic rings. The number of piperidine rings is 1. The van der Waals surface area contributed by atoms with E-state index in [0.717, 1.165) is 57.7 Å². The van der Waals surface area contributed by atoms with Gasteiger partial charge in [0, 0.05) is 24.8 Å². The fourth-order valence-corrected chi connectivity index (χ4v) is 4.50. The molecule has 1 heterocycles. The van der Waals surface area contributed by atoms with Crippen molar-refractivity contribution in [3.8, 4) is 6.07 Å². The number of aryl methyl sites for hydroxylation is 1. The van der Waals surface area contributed by atoms with Gasteiger partial charge in [0.1, 0.15) is 0 Å². The quantitative estimate of drug-likeness (QED) is 0.523. The second-order valence-electron chi connectivity index (χ2n) is 9.25. The largest absolute Gasteiger partial charge is 0.417 e. The molecule has 0 bridgehead atoms. The second-order valence-corrected chi connectivity index (χ2v) is 9.25. The Kier molecular flexibility index (Phi) is 7.51. The summed E-state index contributed by atoms with van der Waals surface area (Å²) in [5.41, 5.74) is 8.13. The van der Waals surface area contributed by atoms with E-state index < -0.39 is 11.7 Å². The van der Waals surface area contributed by atoms with Gasteiger partial charge >= 0.3 is 6.18 Å². The summed E-state index contributed by atoms with van der Waals surface area (Å²) < 4.78 is 39.9.